The summed E-state index contributed by atoms with van der Waals surface area (Å²) in [6, 6.07) is 7.18. The highest BCUT2D eigenvalue weighted by atomic mass is 19.4. The first kappa shape index (κ1) is 14.3. The van der Waals surface area contributed by atoms with Crippen LogP contribution in [0.1, 0.15) is 11.6 Å². The third-order valence-electron chi connectivity index (χ3n) is 2.69. The topological polar surface area (TPSA) is 12.0 Å². The van der Waals surface area contributed by atoms with Crippen LogP contribution in [0.5, 0.6) is 0 Å². The standard InChI is InChI=1S/C14H10F5N/c15-10-6-7-11(16)12(8-10)20-13(14(17,18)19)9-4-2-1-3-5-9/h1-8,13,20H. The van der Waals surface area contributed by atoms with E-state index in [9.17, 15) is 22.0 Å². The fourth-order valence-corrected chi connectivity index (χ4v) is 1.76. The zero-order valence-electron chi connectivity index (χ0n) is 10.1. The maximum Gasteiger partial charge on any atom is 0.412 e. The molecule has 0 amide bonds. The molecule has 1 nitrogen and oxygen atoms in total. The Morgan fingerprint density at radius 2 is 1.55 bits per heavy atom. The molecule has 0 saturated heterocycles. The van der Waals surface area contributed by atoms with Crippen LogP contribution in [0.3, 0.4) is 0 Å². The summed E-state index contributed by atoms with van der Waals surface area (Å²) in [5.74, 6) is -1.76. The SMILES string of the molecule is Fc1ccc(F)c(NC(c2ccccc2)C(F)(F)F)c1. The van der Waals surface area contributed by atoms with Gasteiger partial charge in [-0.3, -0.25) is 0 Å². The highest BCUT2D eigenvalue weighted by Crippen LogP contribution is 2.36. The van der Waals surface area contributed by atoms with Gasteiger partial charge in [0.25, 0.3) is 0 Å². The van der Waals surface area contributed by atoms with Gasteiger partial charge in [0.2, 0.25) is 0 Å². The Labute approximate surface area is 112 Å². The molecule has 106 valence electrons. The van der Waals surface area contributed by atoms with Crippen LogP contribution in [0, 0.1) is 11.6 Å². The molecule has 0 aliphatic carbocycles. The van der Waals surface area contributed by atoms with Gasteiger partial charge in [0, 0.05) is 0 Å². The quantitative estimate of drug-likeness (QED) is 0.808. The third kappa shape index (κ3) is 3.26. The van der Waals surface area contributed by atoms with Crippen molar-refractivity contribution >= 4 is 5.69 Å². The summed E-state index contributed by atoms with van der Waals surface area (Å²) in [7, 11) is 0. The van der Waals surface area contributed by atoms with Gasteiger partial charge in [-0.05, 0) is 23.8 Å². The Morgan fingerprint density at radius 3 is 2.15 bits per heavy atom. The second-order valence-electron chi connectivity index (χ2n) is 4.15. The summed E-state index contributed by atoms with van der Waals surface area (Å²) < 4.78 is 65.6. The molecular weight excluding hydrogens is 277 g/mol. The van der Waals surface area contributed by atoms with Crippen molar-refractivity contribution in [2.75, 3.05) is 5.32 Å². The first-order valence-electron chi connectivity index (χ1n) is 5.71. The fraction of sp³-hybridized carbons (Fsp3) is 0.143. The highest BCUT2D eigenvalue weighted by molar-refractivity contribution is 5.47. The number of alkyl halides is 3. The van der Waals surface area contributed by atoms with Gasteiger partial charge >= 0.3 is 6.18 Å². The Hall–Kier alpha value is -2.11. The molecule has 1 N–H and O–H groups in total. The van der Waals surface area contributed by atoms with Crippen LogP contribution in [-0.2, 0) is 0 Å². The summed E-state index contributed by atoms with van der Waals surface area (Å²) in [6.45, 7) is 0. The predicted molar refractivity (Wildman–Crippen MR) is 65.2 cm³/mol. The fourth-order valence-electron chi connectivity index (χ4n) is 1.76. The lowest BCUT2D eigenvalue weighted by molar-refractivity contribution is -0.144. The van der Waals surface area contributed by atoms with E-state index in [0.29, 0.717) is 6.07 Å². The highest BCUT2D eigenvalue weighted by Gasteiger charge is 2.41. The Morgan fingerprint density at radius 1 is 0.900 bits per heavy atom. The van der Waals surface area contributed by atoms with E-state index in [0.717, 1.165) is 12.1 Å². The number of anilines is 1. The third-order valence-corrected chi connectivity index (χ3v) is 2.69. The van der Waals surface area contributed by atoms with Gasteiger partial charge in [0.05, 0.1) is 5.69 Å². The molecular formula is C14H10F5N. The van der Waals surface area contributed by atoms with Crippen molar-refractivity contribution in [3.05, 3.63) is 65.7 Å². The molecule has 2 rings (SSSR count). The molecule has 0 bridgehead atoms. The maximum absolute atomic E-state index is 13.4. The monoisotopic (exact) mass is 287 g/mol. The summed E-state index contributed by atoms with van der Waals surface area (Å²) in [6.07, 6.45) is -4.64. The van der Waals surface area contributed by atoms with E-state index in [1.165, 1.54) is 24.3 Å². The van der Waals surface area contributed by atoms with E-state index in [4.69, 9.17) is 0 Å². The van der Waals surface area contributed by atoms with Gasteiger partial charge in [-0.2, -0.15) is 13.2 Å². The van der Waals surface area contributed by atoms with Gasteiger partial charge in [-0.1, -0.05) is 30.3 Å². The zero-order valence-corrected chi connectivity index (χ0v) is 10.1. The van der Waals surface area contributed by atoms with E-state index in [2.05, 4.69) is 0 Å². The molecule has 1 atom stereocenters. The lowest BCUT2D eigenvalue weighted by Gasteiger charge is -2.23. The number of hydrogen-bond acceptors (Lipinski definition) is 1. The summed E-state index contributed by atoms with van der Waals surface area (Å²) in [4.78, 5) is 0. The van der Waals surface area contributed by atoms with Crippen LogP contribution in [-0.4, -0.2) is 6.18 Å². The normalized spacial score (nSPS) is 13.1. The van der Waals surface area contributed by atoms with Gasteiger partial charge < -0.3 is 5.32 Å². The summed E-state index contributed by atoms with van der Waals surface area (Å²) >= 11 is 0. The molecule has 0 heterocycles. The first-order valence-corrected chi connectivity index (χ1v) is 5.71. The van der Waals surface area contributed by atoms with Crippen molar-refractivity contribution in [3.63, 3.8) is 0 Å². The van der Waals surface area contributed by atoms with Crippen LogP contribution < -0.4 is 5.32 Å². The van der Waals surface area contributed by atoms with Crippen molar-refractivity contribution in [1.29, 1.82) is 0 Å². The Balaban J connectivity index is 2.37. The average Bonchev–Trinajstić information content (AvgIpc) is 2.39. The number of nitrogens with one attached hydrogen (secondary N) is 1. The van der Waals surface area contributed by atoms with Crippen LogP contribution in [0.15, 0.2) is 48.5 Å². The number of rotatable bonds is 3. The number of hydrogen-bond donors (Lipinski definition) is 1. The molecule has 0 aliphatic rings. The smallest absolute Gasteiger partial charge is 0.368 e. The van der Waals surface area contributed by atoms with Gasteiger partial charge in [0.15, 0.2) is 0 Å². The molecule has 0 radical (unpaired) electrons. The lowest BCUT2D eigenvalue weighted by Crippen LogP contribution is -2.28. The van der Waals surface area contributed by atoms with Crippen molar-refractivity contribution < 1.29 is 22.0 Å². The van der Waals surface area contributed by atoms with Crippen LogP contribution in [0.25, 0.3) is 0 Å². The van der Waals surface area contributed by atoms with Crippen molar-refractivity contribution in [2.24, 2.45) is 0 Å². The van der Waals surface area contributed by atoms with Crippen LogP contribution >= 0.6 is 0 Å². The van der Waals surface area contributed by atoms with Gasteiger partial charge in [-0.25, -0.2) is 8.78 Å². The molecule has 6 heteroatoms. The van der Waals surface area contributed by atoms with Crippen molar-refractivity contribution in [3.8, 4) is 0 Å². The van der Waals surface area contributed by atoms with E-state index in [1.807, 2.05) is 5.32 Å². The number of halogens is 5. The van der Waals surface area contributed by atoms with Gasteiger partial charge in [0.1, 0.15) is 17.7 Å². The molecule has 0 aromatic heterocycles. The summed E-state index contributed by atoms with van der Waals surface area (Å²) in [5.41, 5.74) is -0.611. The predicted octanol–water partition coefficient (Wildman–Crippen LogP) is 4.68. The van der Waals surface area contributed by atoms with Crippen molar-refractivity contribution in [1.82, 2.24) is 0 Å². The van der Waals surface area contributed by atoms with E-state index >= 15 is 0 Å². The van der Waals surface area contributed by atoms with Crippen LogP contribution in [0.4, 0.5) is 27.6 Å². The molecule has 0 spiro atoms. The second-order valence-corrected chi connectivity index (χ2v) is 4.15. The van der Waals surface area contributed by atoms with Crippen LogP contribution in [0.2, 0.25) is 0 Å². The minimum absolute atomic E-state index is 0.0799. The minimum atomic E-state index is -4.64. The maximum atomic E-state index is 13.4. The van der Waals surface area contributed by atoms with E-state index in [1.54, 1.807) is 6.07 Å². The van der Waals surface area contributed by atoms with Crippen molar-refractivity contribution in [2.45, 2.75) is 12.2 Å². The number of benzene rings is 2. The molecule has 0 fully saturated rings. The lowest BCUT2D eigenvalue weighted by atomic mass is 10.1. The largest absolute Gasteiger partial charge is 0.412 e. The van der Waals surface area contributed by atoms with Gasteiger partial charge in [-0.15, -0.1) is 0 Å². The molecule has 2 aromatic rings. The van der Waals surface area contributed by atoms with E-state index in [-0.39, 0.29) is 5.56 Å². The Bertz CT molecular complexity index is 580. The Kier molecular flexibility index (Phi) is 3.92. The molecule has 1 unspecified atom stereocenters. The first-order chi connectivity index (χ1) is 9.38. The second kappa shape index (κ2) is 5.48. The molecule has 20 heavy (non-hydrogen) atoms. The molecule has 0 aliphatic heterocycles. The zero-order chi connectivity index (χ0) is 14.8. The molecule has 0 saturated carbocycles. The van der Waals surface area contributed by atoms with E-state index < -0.39 is 29.5 Å². The average molecular weight is 287 g/mol. The minimum Gasteiger partial charge on any atom is -0.368 e. The molecule has 2 aromatic carbocycles. The summed E-state index contributed by atoms with van der Waals surface area (Å²) in [5, 5.41) is 2.00.